The molecule has 0 aliphatic carbocycles. The number of carbonyl (C=O) groups excluding carboxylic acids is 1. The van der Waals surface area contributed by atoms with Gasteiger partial charge in [0.2, 0.25) is 0 Å². The van der Waals surface area contributed by atoms with Crippen molar-refractivity contribution in [1.82, 2.24) is 4.90 Å². The molecule has 1 heterocycles. The van der Waals surface area contributed by atoms with Crippen molar-refractivity contribution in [3.8, 4) is 5.75 Å². The molecule has 0 aromatic heterocycles. The molecule has 2 atom stereocenters. The molecular weight excluding hydrogens is 313 g/mol. The molecule has 0 bridgehead atoms. The number of nitrogens with zero attached hydrogens (tertiary/aromatic N) is 1. The number of rotatable bonds is 2. The van der Waals surface area contributed by atoms with Gasteiger partial charge >= 0.3 is 0 Å². The van der Waals surface area contributed by atoms with Crippen LogP contribution in [0.3, 0.4) is 0 Å². The quantitative estimate of drug-likeness (QED) is 0.780. The normalized spacial score (nSPS) is 23.3. The molecule has 1 aromatic rings. The van der Waals surface area contributed by atoms with Crippen molar-refractivity contribution >= 4 is 21.8 Å². The van der Waals surface area contributed by atoms with Gasteiger partial charge in [-0.1, -0.05) is 22.9 Å². The average Bonchev–Trinajstić information content (AvgIpc) is 2.41. The van der Waals surface area contributed by atoms with E-state index in [1.54, 1.807) is 4.90 Å². The summed E-state index contributed by atoms with van der Waals surface area (Å²) in [6, 6.07) is 4.23. The van der Waals surface area contributed by atoms with Crippen molar-refractivity contribution in [2.24, 2.45) is 5.92 Å². The fourth-order valence-electron chi connectivity index (χ4n) is 2.18. The second kappa shape index (κ2) is 5.90. The Labute approximate surface area is 120 Å². The lowest BCUT2D eigenvalue weighted by Crippen LogP contribution is -2.43. The molecule has 2 unspecified atom stereocenters. The minimum atomic E-state index is -0.454. The summed E-state index contributed by atoms with van der Waals surface area (Å²) in [4.78, 5) is 14.5. The Morgan fingerprint density at radius 3 is 2.89 bits per heavy atom. The first kappa shape index (κ1) is 14.3. The fourth-order valence-corrected chi connectivity index (χ4v) is 2.80. The third-order valence-electron chi connectivity index (χ3n) is 3.55. The number of benzene rings is 1. The van der Waals surface area contributed by atoms with Crippen LogP contribution in [0.4, 0.5) is 4.39 Å². The molecule has 1 saturated heterocycles. The van der Waals surface area contributed by atoms with Crippen LogP contribution in [0.1, 0.15) is 23.7 Å². The van der Waals surface area contributed by atoms with Crippen LogP contribution in [0.5, 0.6) is 5.75 Å². The molecular formula is C14H17BrFNO2. The monoisotopic (exact) mass is 329 g/mol. The summed E-state index contributed by atoms with van der Waals surface area (Å²) < 4.78 is 18.2. The minimum Gasteiger partial charge on any atom is -0.494 e. The Morgan fingerprint density at radius 2 is 2.26 bits per heavy atom. The Morgan fingerprint density at radius 1 is 1.53 bits per heavy atom. The first-order chi connectivity index (χ1) is 9.02. The average molecular weight is 330 g/mol. The predicted octanol–water partition coefficient (Wildman–Crippen LogP) is 3.08. The molecule has 2 rings (SSSR count). The van der Waals surface area contributed by atoms with Crippen molar-refractivity contribution < 1.29 is 13.9 Å². The van der Waals surface area contributed by atoms with Gasteiger partial charge in [0.05, 0.1) is 7.11 Å². The number of halogens is 2. The van der Waals surface area contributed by atoms with Crippen molar-refractivity contribution in [2.45, 2.75) is 18.2 Å². The summed E-state index contributed by atoms with van der Waals surface area (Å²) in [6.07, 6.45) is 0.972. The highest BCUT2D eigenvalue weighted by molar-refractivity contribution is 9.09. The molecule has 1 amide bonds. The van der Waals surface area contributed by atoms with E-state index in [9.17, 15) is 9.18 Å². The number of carbonyl (C=O) groups is 1. The molecule has 0 saturated carbocycles. The molecule has 1 aromatic carbocycles. The van der Waals surface area contributed by atoms with Gasteiger partial charge in [-0.05, 0) is 30.5 Å². The molecule has 1 aliphatic rings. The zero-order chi connectivity index (χ0) is 14.0. The summed E-state index contributed by atoms with van der Waals surface area (Å²) in [6.45, 7) is 3.59. The van der Waals surface area contributed by atoms with Crippen LogP contribution >= 0.6 is 15.9 Å². The third-order valence-corrected chi connectivity index (χ3v) is 4.74. The van der Waals surface area contributed by atoms with Gasteiger partial charge in [0, 0.05) is 23.5 Å². The topological polar surface area (TPSA) is 29.5 Å². The van der Waals surface area contributed by atoms with Gasteiger partial charge in [-0.3, -0.25) is 4.79 Å². The Kier molecular flexibility index (Phi) is 4.45. The molecule has 0 radical (unpaired) electrons. The maximum Gasteiger partial charge on any atom is 0.254 e. The van der Waals surface area contributed by atoms with E-state index in [1.807, 2.05) is 0 Å². The predicted molar refractivity (Wildman–Crippen MR) is 75.4 cm³/mol. The second-order valence-electron chi connectivity index (χ2n) is 4.88. The highest BCUT2D eigenvalue weighted by Crippen LogP contribution is 2.25. The Balaban J connectivity index is 2.15. The molecule has 1 fully saturated rings. The van der Waals surface area contributed by atoms with Crippen molar-refractivity contribution in [3.05, 3.63) is 29.6 Å². The van der Waals surface area contributed by atoms with E-state index in [0.29, 0.717) is 22.9 Å². The van der Waals surface area contributed by atoms with Gasteiger partial charge in [-0.25, -0.2) is 4.39 Å². The van der Waals surface area contributed by atoms with Crippen molar-refractivity contribution in [3.63, 3.8) is 0 Å². The van der Waals surface area contributed by atoms with Gasteiger partial charge in [0.15, 0.2) is 11.6 Å². The molecule has 0 N–H and O–H groups in total. The highest BCUT2D eigenvalue weighted by atomic mass is 79.9. The summed E-state index contributed by atoms with van der Waals surface area (Å²) in [5, 5.41) is 0. The van der Waals surface area contributed by atoms with Crippen molar-refractivity contribution in [1.29, 1.82) is 0 Å². The highest BCUT2D eigenvalue weighted by Gasteiger charge is 2.27. The number of methoxy groups -OCH3 is 1. The first-order valence-electron chi connectivity index (χ1n) is 6.29. The number of hydrogen-bond acceptors (Lipinski definition) is 2. The maximum absolute atomic E-state index is 13.3. The van der Waals surface area contributed by atoms with Gasteiger partial charge in [-0.15, -0.1) is 0 Å². The SMILES string of the molecule is COc1cc(C(=O)N2CCC(C)C(Br)C2)ccc1F. The fraction of sp³-hybridized carbons (Fsp3) is 0.500. The van der Waals surface area contributed by atoms with Crippen LogP contribution in [0.25, 0.3) is 0 Å². The third kappa shape index (κ3) is 3.08. The van der Waals surface area contributed by atoms with Crippen LogP contribution in [0, 0.1) is 11.7 Å². The lowest BCUT2D eigenvalue weighted by atomic mass is 9.98. The van der Waals surface area contributed by atoms with Crippen LogP contribution in [0.2, 0.25) is 0 Å². The largest absolute Gasteiger partial charge is 0.494 e. The minimum absolute atomic E-state index is 0.0744. The van der Waals surface area contributed by atoms with Gasteiger partial charge in [-0.2, -0.15) is 0 Å². The summed E-state index contributed by atoms with van der Waals surface area (Å²) in [5.41, 5.74) is 0.465. The van der Waals surface area contributed by atoms with Gasteiger partial charge in [0.25, 0.3) is 5.91 Å². The van der Waals surface area contributed by atoms with Gasteiger partial charge < -0.3 is 9.64 Å². The second-order valence-corrected chi connectivity index (χ2v) is 6.06. The van der Waals surface area contributed by atoms with Gasteiger partial charge in [0.1, 0.15) is 0 Å². The van der Waals surface area contributed by atoms with E-state index in [4.69, 9.17) is 4.74 Å². The number of ether oxygens (including phenoxy) is 1. The van der Waals surface area contributed by atoms with E-state index in [-0.39, 0.29) is 11.7 Å². The Bertz CT molecular complexity index is 481. The number of alkyl halides is 1. The number of piperidine rings is 1. The lowest BCUT2D eigenvalue weighted by Gasteiger charge is -2.34. The standard InChI is InChI=1S/C14H17BrFNO2/c1-9-5-6-17(8-11(9)15)14(18)10-3-4-12(16)13(7-10)19-2/h3-4,7,9,11H,5-6,8H2,1-2H3. The van der Waals surface area contributed by atoms with Crippen LogP contribution in [-0.4, -0.2) is 35.8 Å². The van der Waals surface area contributed by atoms with E-state index in [0.717, 1.165) is 13.0 Å². The summed E-state index contributed by atoms with van der Waals surface area (Å²) in [5.74, 6) is 0.137. The molecule has 0 spiro atoms. The Hall–Kier alpha value is -1.10. The van der Waals surface area contributed by atoms with Crippen LogP contribution < -0.4 is 4.74 Å². The molecule has 1 aliphatic heterocycles. The molecule has 104 valence electrons. The van der Waals surface area contributed by atoms with E-state index in [2.05, 4.69) is 22.9 Å². The number of amides is 1. The number of hydrogen-bond donors (Lipinski definition) is 0. The first-order valence-corrected chi connectivity index (χ1v) is 7.21. The molecule has 19 heavy (non-hydrogen) atoms. The lowest BCUT2D eigenvalue weighted by molar-refractivity contribution is 0.0705. The van der Waals surface area contributed by atoms with E-state index >= 15 is 0 Å². The summed E-state index contributed by atoms with van der Waals surface area (Å²) >= 11 is 3.60. The van der Waals surface area contributed by atoms with E-state index < -0.39 is 5.82 Å². The summed E-state index contributed by atoms with van der Waals surface area (Å²) in [7, 11) is 1.39. The van der Waals surface area contributed by atoms with E-state index in [1.165, 1.54) is 25.3 Å². The zero-order valence-corrected chi connectivity index (χ0v) is 12.6. The zero-order valence-electron chi connectivity index (χ0n) is 11.0. The number of likely N-dealkylation sites (tertiary alicyclic amines) is 1. The smallest absolute Gasteiger partial charge is 0.254 e. The molecule has 3 nitrogen and oxygen atoms in total. The van der Waals surface area contributed by atoms with Crippen LogP contribution in [-0.2, 0) is 0 Å². The maximum atomic E-state index is 13.3. The molecule has 5 heteroatoms. The van der Waals surface area contributed by atoms with Crippen molar-refractivity contribution in [2.75, 3.05) is 20.2 Å². The van der Waals surface area contributed by atoms with Crippen LogP contribution in [0.15, 0.2) is 18.2 Å².